The summed E-state index contributed by atoms with van der Waals surface area (Å²) in [5.41, 5.74) is 1.64. The quantitative estimate of drug-likeness (QED) is 0.261. The second-order valence-electron chi connectivity index (χ2n) is 8.70. The largest absolute Gasteiger partial charge is 0.326 e. The number of nitro groups is 1. The smallest absolute Gasteiger partial charge is 0.269 e. The van der Waals surface area contributed by atoms with Crippen LogP contribution in [0.1, 0.15) is 29.3 Å². The van der Waals surface area contributed by atoms with Crippen molar-refractivity contribution in [3.8, 4) is 0 Å². The highest BCUT2D eigenvalue weighted by Gasteiger charge is 2.44. The fourth-order valence-corrected chi connectivity index (χ4v) is 4.47. The van der Waals surface area contributed by atoms with E-state index in [1.807, 2.05) is 6.07 Å². The van der Waals surface area contributed by atoms with Gasteiger partial charge in [-0.3, -0.25) is 29.3 Å². The van der Waals surface area contributed by atoms with E-state index >= 15 is 0 Å². The lowest BCUT2D eigenvalue weighted by Crippen LogP contribution is -2.46. The van der Waals surface area contributed by atoms with E-state index < -0.39 is 28.7 Å². The van der Waals surface area contributed by atoms with Crippen molar-refractivity contribution in [3.63, 3.8) is 0 Å². The molecule has 0 bridgehead atoms. The van der Waals surface area contributed by atoms with Gasteiger partial charge in [-0.05, 0) is 60.5 Å². The van der Waals surface area contributed by atoms with E-state index in [0.717, 1.165) is 10.5 Å². The van der Waals surface area contributed by atoms with Crippen LogP contribution < -0.4 is 10.2 Å². The fourth-order valence-electron chi connectivity index (χ4n) is 4.26. The number of halogens is 1. The molecule has 194 valence electrons. The van der Waals surface area contributed by atoms with Gasteiger partial charge < -0.3 is 10.2 Å². The van der Waals surface area contributed by atoms with Crippen molar-refractivity contribution in [2.24, 2.45) is 0 Å². The molecule has 38 heavy (non-hydrogen) atoms. The number of carbonyl (C=O) groups excluding carboxylic acids is 4. The number of rotatable bonds is 8. The SMILES string of the molecule is CC(=O)Nc1ccc(N2C(=O)CC(N(CCc3cccc(Cl)c3)C(=O)c3ccc([N+](=O)[O-])cc3)C2=O)cc1. The summed E-state index contributed by atoms with van der Waals surface area (Å²) >= 11 is 6.09. The first kappa shape index (κ1) is 26.5. The Labute approximate surface area is 222 Å². The van der Waals surface area contributed by atoms with Crippen molar-refractivity contribution in [1.82, 2.24) is 4.90 Å². The van der Waals surface area contributed by atoms with Crippen molar-refractivity contribution in [3.05, 3.63) is 99.1 Å². The van der Waals surface area contributed by atoms with E-state index in [2.05, 4.69) is 5.32 Å². The minimum atomic E-state index is -1.07. The lowest BCUT2D eigenvalue weighted by atomic mass is 10.1. The maximum absolute atomic E-state index is 13.6. The van der Waals surface area contributed by atoms with Crippen molar-refractivity contribution in [2.45, 2.75) is 25.8 Å². The Bertz CT molecular complexity index is 1410. The van der Waals surface area contributed by atoms with Gasteiger partial charge in [0, 0.05) is 41.9 Å². The number of hydrogen-bond acceptors (Lipinski definition) is 6. The number of anilines is 2. The number of nitro benzene ring substituents is 1. The Hall–Kier alpha value is -4.57. The van der Waals surface area contributed by atoms with Gasteiger partial charge in [0.15, 0.2) is 0 Å². The van der Waals surface area contributed by atoms with Crippen molar-refractivity contribution >= 4 is 52.3 Å². The molecule has 0 aliphatic carbocycles. The van der Waals surface area contributed by atoms with E-state index in [4.69, 9.17) is 11.6 Å². The van der Waals surface area contributed by atoms with Gasteiger partial charge in [0.05, 0.1) is 17.0 Å². The number of non-ortho nitro benzene ring substituents is 1. The third-order valence-electron chi connectivity index (χ3n) is 6.06. The molecule has 0 saturated carbocycles. The van der Waals surface area contributed by atoms with Crippen LogP contribution in [0.4, 0.5) is 17.1 Å². The van der Waals surface area contributed by atoms with E-state index in [0.29, 0.717) is 22.8 Å². The van der Waals surface area contributed by atoms with Crippen LogP contribution in [0.2, 0.25) is 5.02 Å². The van der Waals surface area contributed by atoms with Gasteiger partial charge in [-0.1, -0.05) is 23.7 Å². The van der Waals surface area contributed by atoms with E-state index in [1.54, 1.807) is 30.3 Å². The number of hydrogen-bond donors (Lipinski definition) is 1. The molecule has 0 aromatic heterocycles. The van der Waals surface area contributed by atoms with Crippen LogP contribution in [0, 0.1) is 10.1 Å². The van der Waals surface area contributed by atoms with Crippen LogP contribution >= 0.6 is 11.6 Å². The first-order valence-corrected chi connectivity index (χ1v) is 12.1. The molecule has 1 aliphatic heterocycles. The van der Waals surface area contributed by atoms with E-state index in [9.17, 15) is 29.3 Å². The fraction of sp³-hybridized carbons (Fsp3) is 0.185. The van der Waals surface area contributed by atoms with Gasteiger partial charge in [0.25, 0.3) is 17.5 Å². The van der Waals surface area contributed by atoms with Crippen LogP contribution in [-0.4, -0.2) is 46.0 Å². The number of amides is 4. The molecular formula is C27H23ClN4O6. The van der Waals surface area contributed by atoms with Crippen LogP contribution in [-0.2, 0) is 20.8 Å². The van der Waals surface area contributed by atoms with Crippen molar-refractivity contribution < 1.29 is 24.1 Å². The summed E-state index contributed by atoms with van der Waals surface area (Å²) in [5, 5.41) is 14.2. The predicted molar refractivity (Wildman–Crippen MR) is 141 cm³/mol. The average Bonchev–Trinajstić information content (AvgIpc) is 3.17. The Morgan fingerprint density at radius 3 is 2.37 bits per heavy atom. The van der Waals surface area contributed by atoms with Crippen molar-refractivity contribution in [1.29, 1.82) is 0 Å². The van der Waals surface area contributed by atoms with Gasteiger partial charge >= 0.3 is 0 Å². The van der Waals surface area contributed by atoms with Gasteiger partial charge in [0.1, 0.15) is 6.04 Å². The van der Waals surface area contributed by atoms with Gasteiger partial charge in [-0.25, -0.2) is 4.90 Å². The predicted octanol–water partition coefficient (Wildman–Crippen LogP) is 4.22. The Morgan fingerprint density at radius 1 is 1.08 bits per heavy atom. The summed E-state index contributed by atoms with van der Waals surface area (Å²) in [4.78, 5) is 64.1. The summed E-state index contributed by atoms with van der Waals surface area (Å²) in [7, 11) is 0. The lowest BCUT2D eigenvalue weighted by Gasteiger charge is -2.28. The minimum absolute atomic E-state index is 0.106. The van der Waals surface area contributed by atoms with Crippen molar-refractivity contribution in [2.75, 3.05) is 16.8 Å². The van der Waals surface area contributed by atoms with E-state index in [-0.39, 0.29) is 30.1 Å². The first-order chi connectivity index (χ1) is 18.1. The molecule has 10 nitrogen and oxygen atoms in total. The maximum Gasteiger partial charge on any atom is 0.269 e. The molecule has 1 saturated heterocycles. The summed E-state index contributed by atoms with van der Waals surface area (Å²) in [6.07, 6.45) is 0.142. The monoisotopic (exact) mass is 534 g/mol. The lowest BCUT2D eigenvalue weighted by molar-refractivity contribution is -0.384. The van der Waals surface area contributed by atoms with Gasteiger partial charge in [0.2, 0.25) is 11.8 Å². The second kappa shape index (κ2) is 11.2. The van der Waals surface area contributed by atoms with Crippen LogP contribution in [0.3, 0.4) is 0 Å². The number of carbonyl (C=O) groups is 4. The molecule has 1 fully saturated rings. The normalized spacial score (nSPS) is 14.9. The Balaban J connectivity index is 1.62. The molecule has 4 rings (SSSR count). The summed E-state index contributed by atoms with van der Waals surface area (Å²) in [5.74, 6) is -1.83. The molecule has 0 radical (unpaired) electrons. The molecule has 11 heteroatoms. The van der Waals surface area contributed by atoms with Gasteiger partial charge in [-0.15, -0.1) is 0 Å². The molecule has 4 amide bonds. The average molecular weight is 535 g/mol. The second-order valence-corrected chi connectivity index (χ2v) is 9.13. The van der Waals surface area contributed by atoms with E-state index in [1.165, 1.54) is 48.2 Å². The zero-order valence-electron chi connectivity index (χ0n) is 20.3. The number of imide groups is 1. The zero-order valence-corrected chi connectivity index (χ0v) is 21.1. The first-order valence-electron chi connectivity index (χ1n) is 11.7. The minimum Gasteiger partial charge on any atom is -0.326 e. The highest BCUT2D eigenvalue weighted by atomic mass is 35.5. The number of nitrogens with one attached hydrogen (secondary N) is 1. The number of nitrogens with zero attached hydrogens (tertiary/aromatic N) is 3. The molecule has 3 aromatic carbocycles. The molecule has 1 N–H and O–H groups in total. The molecule has 1 atom stereocenters. The summed E-state index contributed by atoms with van der Waals surface area (Å²) in [6.45, 7) is 1.47. The molecule has 3 aromatic rings. The highest BCUT2D eigenvalue weighted by molar-refractivity contribution is 6.30. The van der Waals surface area contributed by atoms with Crippen LogP contribution in [0.15, 0.2) is 72.8 Å². The Kier molecular flexibility index (Phi) is 7.82. The zero-order chi connectivity index (χ0) is 27.4. The third kappa shape index (κ3) is 5.87. The third-order valence-corrected chi connectivity index (χ3v) is 6.30. The number of benzene rings is 3. The standard InChI is InChI=1S/C27H23ClN4O6/c1-17(33)29-21-7-11-22(12-8-21)31-25(34)16-24(27(31)36)30(14-13-18-3-2-4-20(28)15-18)26(35)19-5-9-23(10-6-19)32(37)38/h2-12,15,24H,13-14,16H2,1H3,(H,29,33). The van der Waals surface area contributed by atoms with Gasteiger partial charge in [-0.2, -0.15) is 0 Å². The molecule has 1 unspecified atom stereocenters. The van der Waals surface area contributed by atoms with Crippen LogP contribution in [0.5, 0.6) is 0 Å². The molecule has 1 aliphatic rings. The summed E-state index contributed by atoms with van der Waals surface area (Å²) in [6, 6.07) is 17.3. The molecule has 1 heterocycles. The highest BCUT2D eigenvalue weighted by Crippen LogP contribution is 2.28. The maximum atomic E-state index is 13.6. The Morgan fingerprint density at radius 2 is 1.76 bits per heavy atom. The topological polar surface area (TPSA) is 130 Å². The molecule has 0 spiro atoms. The molecular weight excluding hydrogens is 512 g/mol. The van der Waals surface area contributed by atoms with Crippen LogP contribution in [0.25, 0.3) is 0 Å². The summed E-state index contributed by atoms with van der Waals surface area (Å²) < 4.78 is 0.